The first-order chi connectivity index (χ1) is 29.2. The zero-order chi connectivity index (χ0) is 44.5. The first kappa shape index (κ1) is 56.9. The summed E-state index contributed by atoms with van der Waals surface area (Å²) in [5.41, 5.74) is 2.90. The molecule has 64 heavy (non-hydrogen) atoms. The standard InChI is InChI=1S/C20H20N2O4.C18H18N2O6S.C4H8O.C3H5.CH4.BrH.Mg/c1-5-14-10-16(23)26-20-17(14)19(21-18(22-20)12(2)3)25-11-13-6-8-15(24-4)9-7-13;1-4-12-9-14(21)26-17-15(12)16(19-18(20-17)27(3,22)23)25-10-11-5-7-13(24-2)8-6-11;1-2-4-5-3-1;1-3-2;;;/h6-10H,2,5,11H2,1,3-4H3;5-9H,4,10H2,1-3H3;1-4H2;1H2,2H3;1H4;1H;/q;;;-1;;;+2/p-1. The van der Waals surface area contributed by atoms with E-state index in [2.05, 4.69) is 39.2 Å². The molecule has 340 valence electrons. The van der Waals surface area contributed by atoms with Crippen LogP contribution in [0.1, 0.15) is 76.0 Å². The van der Waals surface area contributed by atoms with E-state index in [1.54, 1.807) is 40.2 Å². The summed E-state index contributed by atoms with van der Waals surface area (Å²) in [6, 6.07) is 17.6. The van der Waals surface area contributed by atoms with Crippen LogP contribution in [0, 0.1) is 6.08 Å². The Morgan fingerprint density at radius 3 is 1.50 bits per heavy atom. The molecule has 1 aliphatic rings. The van der Waals surface area contributed by atoms with Gasteiger partial charge in [0.2, 0.25) is 33.0 Å². The molecular formula is C46H55BrMgN4O11S. The second-order valence-electron chi connectivity index (χ2n) is 13.4. The number of fused-ring (bicyclic) bond motifs is 2. The summed E-state index contributed by atoms with van der Waals surface area (Å²) in [5.74, 6) is 2.31. The molecule has 1 fully saturated rings. The van der Waals surface area contributed by atoms with Crippen molar-refractivity contribution in [1.82, 2.24) is 19.9 Å². The molecule has 2 aromatic carbocycles. The molecule has 0 unspecified atom stereocenters. The summed E-state index contributed by atoms with van der Waals surface area (Å²) in [6.45, 7) is 16.9. The van der Waals surface area contributed by atoms with Gasteiger partial charge in [0.05, 0.1) is 14.2 Å². The number of aromatic nitrogens is 4. The van der Waals surface area contributed by atoms with Crippen molar-refractivity contribution in [2.24, 2.45) is 0 Å². The normalized spacial score (nSPS) is 11.3. The van der Waals surface area contributed by atoms with Crippen LogP contribution in [0.15, 0.2) is 97.4 Å². The van der Waals surface area contributed by atoms with E-state index in [1.807, 2.05) is 50.2 Å². The van der Waals surface area contributed by atoms with E-state index in [4.69, 9.17) is 32.5 Å². The number of hydrogen-bond acceptors (Lipinski definition) is 15. The van der Waals surface area contributed by atoms with Crippen LogP contribution in [-0.4, -0.2) is 85.1 Å². The van der Waals surface area contributed by atoms with Crippen molar-refractivity contribution >= 4 is 60.7 Å². The minimum Gasteiger partial charge on any atom is -1.00 e. The van der Waals surface area contributed by atoms with Gasteiger partial charge in [-0.1, -0.05) is 52.1 Å². The van der Waals surface area contributed by atoms with Gasteiger partial charge in [0, 0.05) is 31.6 Å². The van der Waals surface area contributed by atoms with Crippen LogP contribution in [0.4, 0.5) is 0 Å². The van der Waals surface area contributed by atoms with E-state index >= 15 is 0 Å². The number of benzene rings is 2. The maximum atomic E-state index is 11.9. The average molecular weight is 976 g/mol. The average Bonchev–Trinajstić information content (AvgIpc) is 3.85. The summed E-state index contributed by atoms with van der Waals surface area (Å²) in [4.78, 5) is 40.3. The monoisotopic (exact) mass is 974 g/mol. The summed E-state index contributed by atoms with van der Waals surface area (Å²) in [6.07, 6.45) is 7.17. The maximum Gasteiger partial charge on any atom is 2.00 e. The Hall–Kier alpha value is -5.14. The Kier molecular flexibility index (Phi) is 24.8. The molecule has 0 atom stereocenters. The molecule has 5 heterocycles. The molecule has 6 aromatic rings. The van der Waals surface area contributed by atoms with Gasteiger partial charge in [-0.3, -0.25) is 6.58 Å². The maximum absolute atomic E-state index is 11.9. The number of aryl methyl sites for hydroxylation is 2. The molecule has 0 spiro atoms. The third-order valence-corrected chi connectivity index (χ3v) is 9.50. The first-order valence-electron chi connectivity index (χ1n) is 19.3. The fourth-order valence-corrected chi connectivity index (χ4v) is 6.08. The molecule has 0 saturated carbocycles. The van der Waals surface area contributed by atoms with Crippen LogP contribution < -0.4 is 47.2 Å². The zero-order valence-electron chi connectivity index (χ0n) is 36.6. The predicted molar refractivity (Wildman–Crippen MR) is 244 cm³/mol. The SMILES string of the molecule is C.C1CCOC1.C=C(C)c1nc(OCc2ccc(OC)cc2)c2c(CC)cc(=O)oc2n1.C=[C-]C.CCc1cc(=O)oc2nc(S(C)(=O)=O)nc(OCc3ccc(OC)cc3)c12.[Br-].[Mg+2]. The molecule has 0 aliphatic carbocycles. The predicted octanol–water partition coefficient (Wildman–Crippen LogP) is 4.95. The van der Waals surface area contributed by atoms with Crippen molar-refractivity contribution in [2.75, 3.05) is 33.7 Å². The number of ether oxygens (including phenoxy) is 5. The first-order valence-corrected chi connectivity index (χ1v) is 21.2. The van der Waals surface area contributed by atoms with Gasteiger partial charge in [0.25, 0.3) is 5.16 Å². The minimum atomic E-state index is -3.72. The van der Waals surface area contributed by atoms with E-state index in [0.717, 1.165) is 41.9 Å². The number of rotatable bonds is 12. The third-order valence-electron chi connectivity index (χ3n) is 8.66. The van der Waals surface area contributed by atoms with Gasteiger partial charge in [0.15, 0.2) is 5.82 Å². The van der Waals surface area contributed by atoms with Crippen LogP contribution in [0.5, 0.6) is 23.3 Å². The molecule has 1 saturated heterocycles. The summed E-state index contributed by atoms with van der Waals surface area (Å²) in [5, 5.41) is 0.541. The van der Waals surface area contributed by atoms with Crippen molar-refractivity contribution in [1.29, 1.82) is 0 Å². The molecule has 4 aromatic heterocycles. The molecule has 7 rings (SSSR count). The fourth-order valence-electron chi connectivity index (χ4n) is 5.58. The molecule has 0 amide bonds. The van der Waals surface area contributed by atoms with Crippen LogP contribution in [0.2, 0.25) is 0 Å². The van der Waals surface area contributed by atoms with Gasteiger partial charge in [-0.2, -0.15) is 26.9 Å². The second kappa shape index (κ2) is 27.9. The van der Waals surface area contributed by atoms with Gasteiger partial charge < -0.3 is 55.6 Å². The molecule has 18 heteroatoms. The zero-order valence-corrected chi connectivity index (χ0v) is 40.4. The van der Waals surface area contributed by atoms with Crippen molar-refractivity contribution in [3.63, 3.8) is 0 Å². The van der Waals surface area contributed by atoms with Gasteiger partial charge in [-0.25, -0.2) is 18.0 Å². The Balaban J connectivity index is 0.000000524. The second-order valence-corrected chi connectivity index (χ2v) is 15.3. The molecule has 0 radical (unpaired) electrons. The van der Waals surface area contributed by atoms with Crippen molar-refractivity contribution in [2.45, 2.75) is 79.2 Å². The number of halogens is 1. The van der Waals surface area contributed by atoms with E-state index < -0.39 is 26.2 Å². The fraction of sp³-hybridized carbons (Fsp3) is 0.348. The van der Waals surface area contributed by atoms with Crippen LogP contribution >= 0.6 is 0 Å². The molecule has 0 N–H and O–H groups in total. The van der Waals surface area contributed by atoms with Crippen LogP contribution in [0.25, 0.3) is 27.8 Å². The van der Waals surface area contributed by atoms with E-state index in [1.165, 1.54) is 25.0 Å². The number of sulfone groups is 1. The summed E-state index contributed by atoms with van der Waals surface area (Å²) < 4.78 is 61.1. The minimum absolute atomic E-state index is 0. The largest absolute Gasteiger partial charge is 2.00 e. The molecule has 1 aliphatic heterocycles. The van der Waals surface area contributed by atoms with Crippen molar-refractivity contribution in [3.05, 3.63) is 129 Å². The third kappa shape index (κ3) is 16.4. The quantitative estimate of drug-likeness (QED) is 0.0908. The van der Waals surface area contributed by atoms with E-state index in [9.17, 15) is 18.0 Å². The van der Waals surface area contributed by atoms with Crippen LogP contribution in [0.3, 0.4) is 0 Å². The Labute approximate surface area is 401 Å². The topological polar surface area (TPSA) is 192 Å². The summed E-state index contributed by atoms with van der Waals surface area (Å²) in [7, 11) is -0.525. The van der Waals surface area contributed by atoms with E-state index in [0.29, 0.717) is 58.8 Å². The van der Waals surface area contributed by atoms with Gasteiger partial charge in [0.1, 0.15) is 35.5 Å². The number of hydrogen-bond donors (Lipinski definition) is 0. The Bertz CT molecular complexity index is 2650. The van der Waals surface area contributed by atoms with Crippen LogP contribution in [-0.2, 0) is 40.6 Å². The molecule has 0 bridgehead atoms. The van der Waals surface area contributed by atoms with Gasteiger partial charge in [-0.15, -0.1) is 0 Å². The van der Waals surface area contributed by atoms with Gasteiger partial charge in [-0.05, 0) is 84.7 Å². The Morgan fingerprint density at radius 2 is 1.16 bits per heavy atom. The number of nitrogens with zero attached hydrogens (tertiary/aromatic N) is 4. The molecular weight excluding hydrogens is 921 g/mol. The van der Waals surface area contributed by atoms with Gasteiger partial charge >= 0.3 is 34.3 Å². The van der Waals surface area contributed by atoms with Crippen molar-refractivity contribution < 1.29 is 57.9 Å². The van der Waals surface area contributed by atoms with Crippen molar-refractivity contribution in [3.8, 4) is 23.3 Å². The number of allylic oxidation sites excluding steroid dienone is 2. The number of methoxy groups -OCH3 is 2. The summed E-state index contributed by atoms with van der Waals surface area (Å²) >= 11 is 0. The smallest absolute Gasteiger partial charge is 1.00 e. The van der Waals surface area contributed by atoms with E-state index in [-0.39, 0.29) is 71.4 Å². The Morgan fingerprint density at radius 1 is 0.750 bits per heavy atom. The molecule has 15 nitrogen and oxygen atoms in total.